The van der Waals surface area contributed by atoms with Crippen LogP contribution in [0.3, 0.4) is 0 Å². The first-order valence-corrected chi connectivity index (χ1v) is 8.00. The molecule has 0 saturated carbocycles. The molecule has 0 aliphatic heterocycles. The van der Waals surface area contributed by atoms with Gasteiger partial charge in [-0.15, -0.1) is 0 Å². The highest BCUT2D eigenvalue weighted by Gasteiger charge is 2.10. The maximum absolute atomic E-state index is 5.95. The second-order valence-corrected chi connectivity index (χ2v) is 6.44. The summed E-state index contributed by atoms with van der Waals surface area (Å²) in [5, 5.41) is 7.72. The number of hydrogen-bond acceptors (Lipinski definition) is 4. The van der Waals surface area contributed by atoms with Crippen molar-refractivity contribution >= 4 is 11.3 Å². The first kappa shape index (κ1) is 15.3. The SMILES string of the molecule is Cc1cc(CN(C)Cc2ccsc2)oc1CNC(C)C. The Labute approximate surface area is 125 Å². The van der Waals surface area contributed by atoms with E-state index in [1.807, 2.05) is 0 Å². The third-order valence-electron chi connectivity index (χ3n) is 3.20. The van der Waals surface area contributed by atoms with E-state index >= 15 is 0 Å². The minimum atomic E-state index is 0.476. The van der Waals surface area contributed by atoms with Gasteiger partial charge in [0.05, 0.1) is 13.1 Å². The van der Waals surface area contributed by atoms with E-state index in [1.54, 1.807) is 11.3 Å². The van der Waals surface area contributed by atoms with Crippen LogP contribution in [0, 0.1) is 6.92 Å². The van der Waals surface area contributed by atoms with Gasteiger partial charge < -0.3 is 9.73 Å². The summed E-state index contributed by atoms with van der Waals surface area (Å²) in [6.07, 6.45) is 0. The van der Waals surface area contributed by atoms with Crippen molar-refractivity contribution in [2.24, 2.45) is 0 Å². The third-order valence-corrected chi connectivity index (χ3v) is 3.93. The molecule has 0 atom stereocenters. The van der Waals surface area contributed by atoms with Gasteiger partial charge in [-0.25, -0.2) is 0 Å². The van der Waals surface area contributed by atoms with Gasteiger partial charge in [0.2, 0.25) is 0 Å². The fraction of sp³-hybridized carbons (Fsp3) is 0.500. The third kappa shape index (κ3) is 4.47. The number of thiophene rings is 1. The smallest absolute Gasteiger partial charge is 0.120 e. The van der Waals surface area contributed by atoms with Crippen LogP contribution in [0.5, 0.6) is 0 Å². The van der Waals surface area contributed by atoms with Crippen molar-refractivity contribution in [2.75, 3.05) is 7.05 Å². The second kappa shape index (κ2) is 7.07. The van der Waals surface area contributed by atoms with Gasteiger partial charge in [-0.2, -0.15) is 11.3 Å². The van der Waals surface area contributed by atoms with Crippen LogP contribution in [0.2, 0.25) is 0 Å². The summed E-state index contributed by atoms with van der Waals surface area (Å²) in [6, 6.07) is 4.80. The van der Waals surface area contributed by atoms with Crippen molar-refractivity contribution in [1.29, 1.82) is 0 Å². The molecule has 2 aromatic rings. The first-order valence-electron chi connectivity index (χ1n) is 7.05. The molecule has 4 heteroatoms. The lowest BCUT2D eigenvalue weighted by atomic mass is 10.2. The minimum absolute atomic E-state index is 0.476. The number of aryl methyl sites for hydroxylation is 1. The van der Waals surface area contributed by atoms with Gasteiger partial charge in [-0.05, 0) is 48.0 Å². The highest BCUT2D eigenvalue weighted by molar-refractivity contribution is 7.07. The molecule has 0 spiro atoms. The van der Waals surface area contributed by atoms with E-state index in [2.05, 4.69) is 60.9 Å². The Morgan fingerprint density at radius 3 is 2.80 bits per heavy atom. The Hall–Kier alpha value is -1.10. The van der Waals surface area contributed by atoms with E-state index in [9.17, 15) is 0 Å². The van der Waals surface area contributed by atoms with Crippen molar-refractivity contribution < 1.29 is 4.42 Å². The van der Waals surface area contributed by atoms with E-state index in [4.69, 9.17) is 4.42 Å². The molecule has 3 nitrogen and oxygen atoms in total. The molecule has 110 valence electrons. The predicted molar refractivity (Wildman–Crippen MR) is 84.9 cm³/mol. The van der Waals surface area contributed by atoms with Gasteiger partial charge in [-0.3, -0.25) is 4.90 Å². The van der Waals surface area contributed by atoms with Gasteiger partial charge >= 0.3 is 0 Å². The van der Waals surface area contributed by atoms with Crippen LogP contribution in [0.15, 0.2) is 27.3 Å². The normalized spacial score (nSPS) is 11.7. The number of rotatable bonds is 7. The zero-order valence-electron chi connectivity index (χ0n) is 12.8. The Morgan fingerprint density at radius 2 is 2.15 bits per heavy atom. The molecule has 0 bridgehead atoms. The van der Waals surface area contributed by atoms with E-state index in [0.29, 0.717) is 6.04 Å². The summed E-state index contributed by atoms with van der Waals surface area (Å²) in [5.41, 5.74) is 2.60. The van der Waals surface area contributed by atoms with Crippen molar-refractivity contribution in [2.45, 2.75) is 46.4 Å². The molecule has 0 aliphatic rings. The highest BCUT2D eigenvalue weighted by atomic mass is 32.1. The van der Waals surface area contributed by atoms with Crippen molar-refractivity contribution in [3.05, 3.63) is 45.5 Å². The molecule has 2 aromatic heterocycles. The average Bonchev–Trinajstić information content (AvgIpc) is 2.97. The lowest BCUT2D eigenvalue weighted by molar-refractivity contribution is 0.282. The van der Waals surface area contributed by atoms with Crippen LogP contribution < -0.4 is 5.32 Å². The maximum atomic E-state index is 5.95. The number of hydrogen-bond donors (Lipinski definition) is 1. The van der Waals surface area contributed by atoms with Crippen LogP contribution in [-0.4, -0.2) is 18.0 Å². The molecular weight excluding hydrogens is 268 g/mol. The number of nitrogens with one attached hydrogen (secondary N) is 1. The molecule has 0 aromatic carbocycles. The Bertz CT molecular complexity index is 517. The van der Waals surface area contributed by atoms with Crippen molar-refractivity contribution in [1.82, 2.24) is 10.2 Å². The molecule has 0 amide bonds. The molecular formula is C16H24N2OS. The Morgan fingerprint density at radius 1 is 1.35 bits per heavy atom. The maximum Gasteiger partial charge on any atom is 0.120 e. The zero-order chi connectivity index (χ0) is 14.5. The summed E-state index contributed by atoms with van der Waals surface area (Å²) < 4.78 is 5.95. The van der Waals surface area contributed by atoms with Crippen LogP contribution in [0.25, 0.3) is 0 Å². The molecule has 0 radical (unpaired) electrons. The summed E-state index contributed by atoms with van der Waals surface area (Å²) in [6.45, 7) is 9.02. The van der Waals surface area contributed by atoms with Gasteiger partial charge in [-0.1, -0.05) is 13.8 Å². The summed E-state index contributed by atoms with van der Waals surface area (Å²) in [4.78, 5) is 2.28. The van der Waals surface area contributed by atoms with Gasteiger partial charge in [0.15, 0.2) is 0 Å². The van der Waals surface area contributed by atoms with Crippen LogP contribution >= 0.6 is 11.3 Å². The molecule has 1 N–H and O–H groups in total. The summed E-state index contributed by atoms with van der Waals surface area (Å²) >= 11 is 1.75. The average molecular weight is 292 g/mol. The molecule has 0 aliphatic carbocycles. The molecule has 2 rings (SSSR count). The first-order chi connectivity index (χ1) is 9.54. The minimum Gasteiger partial charge on any atom is -0.463 e. The monoisotopic (exact) mass is 292 g/mol. The fourth-order valence-corrected chi connectivity index (χ4v) is 2.82. The molecule has 0 unspecified atom stereocenters. The lowest BCUT2D eigenvalue weighted by Crippen LogP contribution is -2.21. The van der Waals surface area contributed by atoms with Gasteiger partial charge in [0.1, 0.15) is 11.5 Å². The van der Waals surface area contributed by atoms with E-state index < -0.39 is 0 Å². The topological polar surface area (TPSA) is 28.4 Å². The van der Waals surface area contributed by atoms with Gasteiger partial charge in [0, 0.05) is 12.6 Å². The second-order valence-electron chi connectivity index (χ2n) is 5.66. The standard InChI is InChI=1S/C16H24N2OS/c1-12(2)17-8-16-13(3)7-15(19-16)10-18(4)9-14-5-6-20-11-14/h5-7,11-12,17H,8-10H2,1-4H3. The predicted octanol–water partition coefficient (Wildman–Crippen LogP) is 3.78. The van der Waals surface area contributed by atoms with Crippen molar-refractivity contribution in [3.8, 4) is 0 Å². The molecule has 20 heavy (non-hydrogen) atoms. The quantitative estimate of drug-likeness (QED) is 0.842. The zero-order valence-corrected chi connectivity index (χ0v) is 13.6. The number of furan rings is 1. The van der Waals surface area contributed by atoms with Crippen LogP contribution in [0.1, 0.15) is 36.5 Å². The van der Waals surface area contributed by atoms with Crippen LogP contribution in [0.4, 0.5) is 0 Å². The van der Waals surface area contributed by atoms with Gasteiger partial charge in [0.25, 0.3) is 0 Å². The molecule has 0 saturated heterocycles. The van der Waals surface area contributed by atoms with Crippen molar-refractivity contribution in [3.63, 3.8) is 0 Å². The Balaban J connectivity index is 1.90. The summed E-state index contributed by atoms with van der Waals surface area (Å²) in [7, 11) is 2.13. The fourth-order valence-electron chi connectivity index (χ4n) is 2.16. The van der Waals surface area contributed by atoms with E-state index in [1.165, 1.54) is 11.1 Å². The highest BCUT2D eigenvalue weighted by Crippen LogP contribution is 2.17. The Kier molecular flexibility index (Phi) is 5.40. The number of nitrogens with zero attached hydrogens (tertiary/aromatic N) is 1. The van der Waals surface area contributed by atoms with E-state index in [-0.39, 0.29) is 0 Å². The summed E-state index contributed by atoms with van der Waals surface area (Å²) in [5.74, 6) is 2.10. The van der Waals surface area contributed by atoms with Crippen LogP contribution in [-0.2, 0) is 19.6 Å². The lowest BCUT2D eigenvalue weighted by Gasteiger charge is -2.14. The molecule has 0 fully saturated rings. The molecule has 2 heterocycles. The largest absolute Gasteiger partial charge is 0.463 e. The van der Waals surface area contributed by atoms with E-state index in [0.717, 1.165) is 31.2 Å².